The number of carbonyl (C=O) groups is 2. The zero-order valence-corrected chi connectivity index (χ0v) is 16.2. The van der Waals surface area contributed by atoms with Crippen LogP contribution in [0.3, 0.4) is 0 Å². The molecule has 1 saturated heterocycles. The van der Waals surface area contributed by atoms with Gasteiger partial charge in [-0.05, 0) is 53.9 Å². The Labute approximate surface area is 144 Å². The van der Waals surface area contributed by atoms with E-state index in [2.05, 4.69) is 32.6 Å². The van der Waals surface area contributed by atoms with Gasteiger partial charge in [-0.1, -0.05) is 6.92 Å². The van der Waals surface area contributed by atoms with E-state index in [1.807, 2.05) is 0 Å². The van der Waals surface area contributed by atoms with Crippen molar-refractivity contribution < 1.29 is 19.8 Å². The van der Waals surface area contributed by atoms with Crippen molar-refractivity contribution >= 4 is 23.7 Å². The van der Waals surface area contributed by atoms with Gasteiger partial charge in [0.15, 0.2) is 0 Å². The van der Waals surface area contributed by atoms with Crippen LogP contribution in [0, 0.1) is 0 Å². The lowest BCUT2D eigenvalue weighted by atomic mass is 9.80. The van der Waals surface area contributed by atoms with E-state index in [4.69, 9.17) is 10.2 Å². The minimum absolute atomic E-state index is 0.222. The highest BCUT2D eigenvalue weighted by molar-refractivity contribution is 8.00. The minimum atomic E-state index is -0.745. The quantitative estimate of drug-likeness (QED) is 0.762. The number of aliphatic carboxylic acids is 2. The highest BCUT2D eigenvalue weighted by Crippen LogP contribution is 2.38. The fraction of sp³-hybridized carbons (Fsp3) is 0.882. The Morgan fingerprint density at radius 3 is 1.91 bits per heavy atom. The third kappa shape index (κ3) is 8.06. The second-order valence-electron chi connectivity index (χ2n) is 7.23. The molecule has 0 aromatic rings. The van der Waals surface area contributed by atoms with Crippen LogP contribution in [-0.4, -0.2) is 55.7 Å². The van der Waals surface area contributed by atoms with Crippen LogP contribution in [0.15, 0.2) is 0 Å². The first-order valence-electron chi connectivity index (χ1n) is 8.28. The van der Waals surface area contributed by atoms with Crippen LogP contribution in [0.1, 0.15) is 67.2 Å². The normalized spacial score (nSPS) is 21.0. The average molecular weight is 348 g/mol. The Morgan fingerprint density at radius 2 is 1.57 bits per heavy atom. The third-order valence-corrected chi connectivity index (χ3v) is 5.49. The number of hydrogen-bond acceptors (Lipinski definition) is 4. The van der Waals surface area contributed by atoms with Crippen LogP contribution in [0.25, 0.3) is 0 Å². The second kappa shape index (κ2) is 9.52. The lowest BCUT2D eigenvalue weighted by Gasteiger charge is -2.53. The van der Waals surface area contributed by atoms with E-state index >= 15 is 0 Å². The molecule has 23 heavy (non-hydrogen) atoms. The summed E-state index contributed by atoms with van der Waals surface area (Å²) in [5.41, 5.74) is 0.462. The SMILES string of the molecule is CC(SCCN1C(C)(C)CCCC1(C)C)C(=O)O.CCC(=O)O. The monoisotopic (exact) mass is 347 g/mol. The van der Waals surface area contributed by atoms with E-state index in [0.717, 1.165) is 12.3 Å². The lowest BCUT2D eigenvalue weighted by Crippen LogP contribution is -2.59. The zero-order valence-electron chi connectivity index (χ0n) is 15.4. The summed E-state index contributed by atoms with van der Waals surface area (Å²) in [5, 5.41) is 16.3. The lowest BCUT2D eigenvalue weighted by molar-refractivity contribution is -0.137. The maximum absolute atomic E-state index is 10.8. The Morgan fingerprint density at radius 1 is 1.13 bits per heavy atom. The van der Waals surface area contributed by atoms with Gasteiger partial charge in [-0.15, -0.1) is 11.8 Å². The molecule has 0 saturated carbocycles. The van der Waals surface area contributed by atoms with Crippen molar-refractivity contribution in [1.29, 1.82) is 0 Å². The molecule has 1 heterocycles. The van der Waals surface area contributed by atoms with E-state index in [1.54, 1.807) is 13.8 Å². The second-order valence-corrected chi connectivity index (χ2v) is 8.68. The average Bonchev–Trinajstić information content (AvgIpc) is 2.41. The number of hydrogen-bond donors (Lipinski definition) is 2. The summed E-state index contributed by atoms with van der Waals surface area (Å²) in [7, 11) is 0. The summed E-state index contributed by atoms with van der Waals surface area (Å²) in [6, 6.07) is 0. The fourth-order valence-electron chi connectivity index (χ4n) is 3.04. The largest absolute Gasteiger partial charge is 0.481 e. The molecule has 2 N–H and O–H groups in total. The molecule has 136 valence electrons. The minimum Gasteiger partial charge on any atom is -0.481 e. The third-order valence-electron chi connectivity index (χ3n) is 4.37. The van der Waals surface area contributed by atoms with Crippen LogP contribution in [0.2, 0.25) is 0 Å². The standard InChI is InChI=1S/C14H27NO2S.C3H6O2/c1-11(12(16)17)18-10-9-15-13(2,3)7-6-8-14(15,4)5;1-2-3(4)5/h11H,6-10H2,1-5H3,(H,16,17);2H2,1H3,(H,4,5). The van der Waals surface area contributed by atoms with Crippen LogP contribution < -0.4 is 0 Å². The molecule has 1 aliphatic rings. The molecular formula is C17H33NO4S. The zero-order chi connectivity index (χ0) is 18.3. The summed E-state index contributed by atoms with van der Waals surface area (Å²) in [4.78, 5) is 22.7. The molecule has 0 aromatic heterocycles. The summed E-state index contributed by atoms with van der Waals surface area (Å²) < 4.78 is 0. The van der Waals surface area contributed by atoms with Crippen LogP contribution in [0.5, 0.6) is 0 Å². The Hall–Kier alpha value is -0.750. The molecule has 5 nitrogen and oxygen atoms in total. The molecule has 0 radical (unpaired) electrons. The molecule has 0 aromatic carbocycles. The van der Waals surface area contributed by atoms with E-state index in [1.165, 1.54) is 31.0 Å². The number of nitrogens with zero attached hydrogens (tertiary/aromatic N) is 1. The maximum Gasteiger partial charge on any atom is 0.316 e. The molecule has 1 unspecified atom stereocenters. The highest BCUT2D eigenvalue weighted by atomic mass is 32.2. The number of thioether (sulfide) groups is 1. The summed E-state index contributed by atoms with van der Waals surface area (Å²) in [6.07, 6.45) is 3.97. The van der Waals surface area contributed by atoms with Gasteiger partial charge >= 0.3 is 11.9 Å². The van der Waals surface area contributed by atoms with Crippen LogP contribution >= 0.6 is 11.8 Å². The van der Waals surface area contributed by atoms with E-state index in [0.29, 0.717) is 0 Å². The molecule has 1 atom stereocenters. The number of piperidine rings is 1. The molecule has 0 bridgehead atoms. The maximum atomic E-state index is 10.8. The smallest absolute Gasteiger partial charge is 0.316 e. The van der Waals surface area contributed by atoms with Crippen molar-refractivity contribution in [2.24, 2.45) is 0 Å². The van der Waals surface area contributed by atoms with Crippen molar-refractivity contribution in [3.8, 4) is 0 Å². The first-order chi connectivity index (χ1) is 10.4. The molecule has 0 spiro atoms. The molecule has 1 rings (SSSR count). The first-order valence-corrected chi connectivity index (χ1v) is 9.33. The molecule has 1 fully saturated rings. The van der Waals surface area contributed by atoms with Crippen molar-refractivity contribution in [1.82, 2.24) is 4.90 Å². The van der Waals surface area contributed by atoms with E-state index in [-0.39, 0.29) is 22.7 Å². The Bertz CT molecular complexity index is 380. The van der Waals surface area contributed by atoms with E-state index in [9.17, 15) is 9.59 Å². The number of carboxylic acid groups (broad SMARTS) is 2. The topological polar surface area (TPSA) is 77.8 Å². The summed E-state index contributed by atoms with van der Waals surface area (Å²) in [6.45, 7) is 13.6. The predicted octanol–water partition coefficient (Wildman–Crippen LogP) is 3.72. The number of rotatable bonds is 6. The van der Waals surface area contributed by atoms with Gasteiger partial charge in [-0.2, -0.15) is 0 Å². The van der Waals surface area contributed by atoms with Crippen molar-refractivity contribution in [2.45, 2.75) is 83.6 Å². The van der Waals surface area contributed by atoms with Gasteiger partial charge in [0.2, 0.25) is 0 Å². The van der Waals surface area contributed by atoms with Gasteiger partial charge in [0.1, 0.15) is 0 Å². The molecule has 0 amide bonds. The van der Waals surface area contributed by atoms with Gasteiger partial charge in [0.25, 0.3) is 0 Å². The van der Waals surface area contributed by atoms with Gasteiger partial charge < -0.3 is 10.2 Å². The van der Waals surface area contributed by atoms with Crippen molar-refractivity contribution in [2.75, 3.05) is 12.3 Å². The van der Waals surface area contributed by atoms with E-state index < -0.39 is 11.9 Å². The molecule has 1 aliphatic heterocycles. The number of likely N-dealkylation sites (tertiary alicyclic amines) is 1. The fourth-order valence-corrected chi connectivity index (χ4v) is 3.82. The van der Waals surface area contributed by atoms with Gasteiger partial charge in [-0.3, -0.25) is 14.5 Å². The predicted molar refractivity (Wildman–Crippen MR) is 96.2 cm³/mol. The van der Waals surface area contributed by atoms with Gasteiger partial charge in [0, 0.05) is 29.8 Å². The number of carboxylic acids is 2. The van der Waals surface area contributed by atoms with Gasteiger partial charge in [-0.25, -0.2) is 0 Å². The molecule has 0 aliphatic carbocycles. The van der Waals surface area contributed by atoms with Crippen molar-refractivity contribution in [3.63, 3.8) is 0 Å². The van der Waals surface area contributed by atoms with Crippen LogP contribution in [-0.2, 0) is 9.59 Å². The highest BCUT2D eigenvalue weighted by Gasteiger charge is 2.40. The summed E-state index contributed by atoms with van der Waals surface area (Å²) in [5.74, 6) is -0.567. The van der Waals surface area contributed by atoms with Gasteiger partial charge in [0.05, 0.1) is 5.25 Å². The Kier molecular flexibility index (Phi) is 9.21. The molecular weight excluding hydrogens is 314 g/mol. The van der Waals surface area contributed by atoms with Crippen molar-refractivity contribution in [3.05, 3.63) is 0 Å². The first kappa shape index (κ1) is 22.2. The van der Waals surface area contributed by atoms with Crippen LogP contribution in [0.4, 0.5) is 0 Å². The molecule has 6 heteroatoms. The Balaban J connectivity index is 0.000000841. The summed E-state index contributed by atoms with van der Waals surface area (Å²) >= 11 is 1.54.